The minimum absolute atomic E-state index is 0.117. The van der Waals surface area contributed by atoms with E-state index in [2.05, 4.69) is 4.98 Å². The van der Waals surface area contributed by atoms with Crippen molar-refractivity contribution in [1.82, 2.24) is 13.9 Å². The molecule has 108 valence electrons. The molecule has 1 atom stereocenters. The number of benzene rings is 1. The van der Waals surface area contributed by atoms with Gasteiger partial charge in [0.15, 0.2) is 0 Å². The first kappa shape index (κ1) is 13.5. The molecule has 3 rings (SSSR count). The van der Waals surface area contributed by atoms with E-state index < -0.39 is 10.4 Å². The maximum atomic E-state index is 13.1. The topological polar surface area (TPSA) is 55.2 Å². The highest BCUT2D eigenvalue weighted by atomic mass is 32.3. The molecule has 0 saturated carbocycles. The molecule has 1 aliphatic heterocycles. The summed E-state index contributed by atoms with van der Waals surface area (Å²) in [6, 6.07) is 7.79. The molecule has 0 radical (unpaired) electrons. The molecule has 1 saturated heterocycles. The Bertz CT molecular complexity index is 713. The molecule has 5 nitrogen and oxygen atoms in total. The van der Waals surface area contributed by atoms with Crippen molar-refractivity contribution in [1.29, 1.82) is 0 Å². The van der Waals surface area contributed by atoms with Crippen LogP contribution in [0, 0.1) is 5.92 Å². The van der Waals surface area contributed by atoms with Gasteiger partial charge in [-0.2, -0.15) is 12.7 Å². The van der Waals surface area contributed by atoms with Crippen LogP contribution in [0.2, 0.25) is 0 Å². The van der Waals surface area contributed by atoms with Crippen LogP contribution in [0.25, 0.3) is 11.0 Å². The second kappa shape index (κ2) is 5.14. The summed E-state index contributed by atoms with van der Waals surface area (Å²) in [4.78, 5) is 4.31. The third kappa shape index (κ3) is 2.69. The first-order valence-corrected chi connectivity index (χ1v) is 7.98. The van der Waals surface area contributed by atoms with Crippen LogP contribution in [0.3, 0.4) is 0 Å². The molecule has 1 aliphatic rings. The first-order chi connectivity index (χ1) is 9.54. The summed E-state index contributed by atoms with van der Waals surface area (Å²) in [5, 5.41) is 0. The van der Waals surface area contributed by atoms with Crippen LogP contribution in [-0.2, 0) is 17.0 Å². The Kier molecular flexibility index (Phi) is 3.47. The number of halogens is 1. The third-order valence-corrected chi connectivity index (χ3v) is 4.72. The Morgan fingerprint density at radius 1 is 1.35 bits per heavy atom. The molecule has 1 unspecified atom stereocenters. The molecule has 1 fully saturated rings. The standard InChI is InChI=1S/C13H16FN3O2S/c14-20(18,19)17-7-3-4-11(9-17)8-16-10-15-12-5-1-2-6-13(12)16/h1-2,5-6,10-11H,3-4,7-9H2. The molecule has 0 spiro atoms. The summed E-state index contributed by atoms with van der Waals surface area (Å²) >= 11 is 0. The van der Waals surface area contributed by atoms with Crippen LogP contribution in [0.5, 0.6) is 0 Å². The van der Waals surface area contributed by atoms with Crippen LogP contribution in [0.15, 0.2) is 30.6 Å². The van der Waals surface area contributed by atoms with Gasteiger partial charge in [0, 0.05) is 19.6 Å². The fourth-order valence-electron chi connectivity index (χ4n) is 2.81. The van der Waals surface area contributed by atoms with Crippen molar-refractivity contribution in [3.63, 3.8) is 0 Å². The van der Waals surface area contributed by atoms with E-state index in [1.165, 1.54) is 0 Å². The SMILES string of the molecule is O=S(=O)(F)N1CCCC(Cn2cnc3ccccc32)C1. The van der Waals surface area contributed by atoms with Gasteiger partial charge in [-0.25, -0.2) is 4.98 Å². The van der Waals surface area contributed by atoms with Crippen LogP contribution < -0.4 is 0 Å². The van der Waals surface area contributed by atoms with Gasteiger partial charge < -0.3 is 4.57 Å². The van der Waals surface area contributed by atoms with E-state index in [1.54, 1.807) is 6.33 Å². The predicted octanol–water partition coefficient (Wildman–Crippen LogP) is 1.96. The predicted molar refractivity (Wildman–Crippen MR) is 74.1 cm³/mol. The van der Waals surface area contributed by atoms with E-state index >= 15 is 0 Å². The number of aromatic nitrogens is 2. The minimum Gasteiger partial charge on any atom is -0.330 e. The lowest BCUT2D eigenvalue weighted by Gasteiger charge is -2.29. The average Bonchev–Trinajstić information content (AvgIpc) is 2.82. The maximum Gasteiger partial charge on any atom is 0.374 e. The highest BCUT2D eigenvalue weighted by Gasteiger charge is 2.28. The molecule has 2 aromatic rings. The number of rotatable bonds is 3. The summed E-state index contributed by atoms with van der Waals surface area (Å²) in [5.74, 6) is 0.117. The number of hydrogen-bond acceptors (Lipinski definition) is 3. The van der Waals surface area contributed by atoms with Crippen molar-refractivity contribution in [2.24, 2.45) is 5.92 Å². The van der Waals surface area contributed by atoms with Crippen LogP contribution in [0.4, 0.5) is 3.89 Å². The van der Waals surface area contributed by atoms with E-state index in [-0.39, 0.29) is 19.0 Å². The van der Waals surface area contributed by atoms with Crippen molar-refractivity contribution < 1.29 is 12.3 Å². The van der Waals surface area contributed by atoms with E-state index in [9.17, 15) is 12.3 Å². The molecule has 0 bridgehead atoms. The molecular formula is C13H16FN3O2S. The zero-order valence-electron chi connectivity index (χ0n) is 10.9. The largest absolute Gasteiger partial charge is 0.374 e. The van der Waals surface area contributed by atoms with E-state index in [4.69, 9.17) is 0 Å². The van der Waals surface area contributed by atoms with Crippen molar-refractivity contribution >= 4 is 21.4 Å². The fourth-order valence-corrected chi connectivity index (χ4v) is 3.54. The van der Waals surface area contributed by atoms with Gasteiger partial charge >= 0.3 is 10.4 Å². The van der Waals surface area contributed by atoms with Gasteiger partial charge in [-0.1, -0.05) is 16.0 Å². The summed E-state index contributed by atoms with van der Waals surface area (Å²) in [5.41, 5.74) is 1.94. The zero-order valence-corrected chi connectivity index (χ0v) is 11.8. The summed E-state index contributed by atoms with van der Waals surface area (Å²) in [6.45, 7) is 1.18. The van der Waals surface area contributed by atoms with Gasteiger partial charge in [0.2, 0.25) is 0 Å². The Balaban J connectivity index is 1.77. The number of para-hydroxylation sites is 2. The van der Waals surface area contributed by atoms with Gasteiger partial charge in [-0.15, -0.1) is 0 Å². The number of piperidine rings is 1. The third-order valence-electron chi connectivity index (χ3n) is 3.77. The Labute approximate surface area is 117 Å². The molecule has 0 aliphatic carbocycles. The first-order valence-electron chi connectivity index (χ1n) is 6.63. The maximum absolute atomic E-state index is 13.1. The molecule has 0 N–H and O–H groups in total. The minimum atomic E-state index is -4.57. The molecular weight excluding hydrogens is 281 g/mol. The molecule has 2 heterocycles. The van der Waals surface area contributed by atoms with Gasteiger partial charge in [-0.3, -0.25) is 0 Å². The van der Waals surface area contributed by atoms with E-state index in [0.29, 0.717) is 13.0 Å². The van der Waals surface area contributed by atoms with Gasteiger partial charge in [0.05, 0.1) is 17.4 Å². The Morgan fingerprint density at radius 3 is 2.95 bits per heavy atom. The summed E-state index contributed by atoms with van der Waals surface area (Å²) in [7, 11) is -4.57. The molecule has 7 heteroatoms. The monoisotopic (exact) mass is 297 g/mol. The van der Waals surface area contributed by atoms with Crippen LogP contribution in [-0.4, -0.2) is 35.4 Å². The summed E-state index contributed by atoms with van der Waals surface area (Å²) < 4.78 is 38.0. The number of fused-ring (bicyclic) bond motifs is 1. The van der Waals surface area contributed by atoms with Gasteiger partial charge in [-0.05, 0) is 30.9 Å². The lowest BCUT2D eigenvalue weighted by molar-refractivity contribution is 0.239. The number of nitrogens with zero attached hydrogens (tertiary/aromatic N) is 3. The highest BCUT2D eigenvalue weighted by molar-refractivity contribution is 7.83. The molecule has 1 aromatic carbocycles. The normalized spacial score (nSPS) is 21.4. The second-order valence-corrected chi connectivity index (χ2v) is 6.53. The lowest BCUT2D eigenvalue weighted by atomic mass is 9.99. The summed E-state index contributed by atoms with van der Waals surface area (Å²) in [6.07, 6.45) is 3.35. The van der Waals surface area contributed by atoms with Crippen molar-refractivity contribution in [3.8, 4) is 0 Å². The van der Waals surface area contributed by atoms with Crippen molar-refractivity contribution in [2.75, 3.05) is 13.1 Å². The fraction of sp³-hybridized carbons (Fsp3) is 0.462. The van der Waals surface area contributed by atoms with Crippen molar-refractivity contribution in [3.05, 3.63) is 30.6 Å². The van der Waals surface area contributed by atoms with Crippen LogP contribution in [0.1, 0.15) is 12.8 Å². The highest BCUT2D eigenvalue weighted by Crippen LogP contribution is 2.23. The van der Waals surface area contributed by atoms with Crippen molar-refractivity contribution in [2.45, 2.75) is 19.4 Å². The van der Waals surface area contributed by atoms with Gasteiger partial charge in [0.1, 0.15) is 0 Å². The number of hydrogen-bond donors (Lipinski definition) is 0. The Morgan fingerprint density at radius 2 is 2.15 bits per heavy atom. The quantitative estimate of drug-likeness (QED) is 0.814. The lowest BCUT2D eigenvalue weighted by Crippen LogP contribution is -2.39. The average molecular weight is 297 g/mol. The van der Waals surface area contributed by atoms with E-state index in [1.807, 2.05) is 28.8 Å². The molecule has 1 aromatic heterocycles. The molecule has 20 heavy (non-hydrogen) atoms. The molecule has 0 amide bonds. The Hall–Kier alpha value is -1.47. The van der Waals surface area contributed by atoms with Crippen LogP contribution >= 0.6 is 0 Å². The van der Waals surface area contributed by atoms with E-state index in [0.717, 1.165) is 21.8 Å². The second-order valence-electron chi connectivity index (χ2n) is 5.19. The zero-order chi connectivity index (χ0) is 14.2. The smallest absolute Gasteiger partial charge is 0.330 e. The van der Waals surface area contributed by atoms with Gasteiger partial charge in [0.25, 0.3) is 0 Å². The number of imidazole rings is 1.